The summed E-state index contributed by atoms with van der Waals surface area (Å²) in [6.07, 6.45) is 0. The van der Waals surface area contributed by atoms with Crippen LogP contribution in [0.2, 0.25) is 5.02 Å². The highest BCUT2D eigenvalue weighted by Crippen LogP contribution is 2.33. The monoisotopic (exact) mass is 230 g/mol. The van der Waals surface area contributed by atoms with Crippen molar-refractivity contribution >= 4 is 39.0 Å². The molecular weight excluding hydrogens is 227 g/mol. The molecule has 0 radical (unpaired) electrons. The van der Waals surface area contributed by atoms with Gasteiger partial charge in [0.15, 0.2) is 0 Å². The van der Waals surface area contributed by atoms with Crippen LogP contribution in [0, 0.1) is 5.82 Å². The van der Waals surface area contributed by atoms with Crippen LogP contribution in [0.3, 0.4) is 0 Å². The van der Waals surface area contributed by atoms with E-state index in [4.69, 9.17) is 16.7 Å². The van der Waals surface area contributed by atoms with E-state index < -0.39 is 11.8 Å². The number of carboxylic acid groups (broad SMARTS) is 1. The second-order valence-electron chi connectivity index (χ2n) is 2.69. The van der Waals surface area contributed by atoms with Crippen molar-refractivity contribution in [3.05, 3.63) is 33.9 Å². The number of fused-ring (bicyclic) bond motifs is 1. The molecule has 0 saturated carbocycles. The van der Waals surface area contributed by atoms with Gasteiger partial charge in [0.05, 0.1) is 15.3 Å². The molecule has 0 saturated heterocycles. The smallest absolute Gasteiger partial charge is 0.337 e. The number of carboxylic acids is 1. The molecule has 0 spiro atoms. The molecule has 1 aromatic heterocycles. The van der Waals surface area contributed by atoms with Crippen molar-refractivity contribution in [2.75, 3.05) is 0 Å². The van der Waals surface area contributed by atoms with E-state index in [0.29, 0.717) is 4.70 Å². The third-order valence-corrected chi connectivity index (χ3v) is 3.16. The van der Waals surface area contributed by atoms with E-state index in [1.807, 2.05) is 0 Å². The molecule has 2 nitrogen and oxygen atoms in total. The average molecular weight is 231 g/mol. The van der Waals surface area contributed by atoms with Gasteiger partial charge in [0.2, 0.25) is 0 Å². The van der Waals surface area contributed by atoms with E-state index in [0.717, 1.165) is 11.3 Å². The summed E-state index contributed by atoms with van der Waals surface area (Å²) in [7, 11) is 0. The highest BCUT2D eigenvalue weighted by atomic mass is 35.5. The minimum Gasteiger partial charge on any atom is -0.478 e. The molecule has 0 aliphatic carbocycles. The van der Waals surface area contributed by atoms with E-state index >= 15 is 0 Å². The summed E-state index contributed by atoms with van der Waals surface area (Å²) in [5.74, 6) is -1.55. The van der Waals surface area contributed by atoms with Crippen molar-refractivity contribution in [1.29, 1.82) is 0 Å². The zero-order chi connectivity index (χ0) is 10.3. The Labute approximate surface area is 87.5 Å². The third-order valence-electron chi connectivity index (χ3n) is 1.86. The molecule has 0 unspecified atom stereocenters. The summed E-state index contributed by atoms with van der Waals surface area (Å²) in [5, 5.41) is 10.5. The number of thiophene rings is 1. The van der Waals surface area contributed by atoms with Gasteiger partial charge in [-0.2, -0.15) is 0 Å². The maximum atomic E-state index is 13.2. The fourth-order valence-corrected chi connectivity index (χ4v) is 2.49. The normalized spacial score (nSPS) is 10.7. The highest BCUT2D eigenvalue weighted by Gasteiger charge is 2.15. The van der Waals surface area contributed by atoms with Gasteiger partial charge in [-0.05, 0) is 12.1 Å². The molecule has 0 aliphatic heterocycles. The largest absolute Gasteiger partial charge is 0.478 e. The molecule has 1 N–H and O–H groups in total. The van der Waals surface area contributed by atoms with E-state index in [9.17, 15) is 9.18 Å². The fourth-order valence-electron chi connectivity index (χ4n) is 1.24. The number of carbonyl (C=O) groups is 1. The van der Waals surface area contributed by atoms with Crippen molar-refractivity contribution in [2.24, 2.45) is 0 Å². The van der Waals surface area contributed by atoms with Crippen LogP contribution in [-0.4, -0.2) is 11.1 Å². The minimum absolute atomic E-state index is 0.0818. The van der Waals surface area contributed by atoms with Gasteiger partial charge >= 0.3 is 5.97 Å². The molecule has 0 atom stereocenters. The molecule has 1 aromatic carbocycles. The summed E-state index contributed by atoms with van der Waals surface area (Å²) >= 11 is 6.80. The van der Waals surface area contributed by atoms with Crippen LogP contribution in [0.4, 0.5) is 4.39 Å². The Bertz CT molecular complexity index is 521. The second-order valence-corrected chi connectivity index (χ2v) is 3.97. The van der Waals surface area contributed by atoms with Crippen LogP contribution >= 0.6 is 22.9 Å². The van der Waals surface area contributed by atoms with Gasteiger partial charge in [0.1, 0.15) is 5.82 Å². The lowest BCUT2D eigenvalue weighted by Gasteiger charge is -1.98. The standard InChI is InChI=1S/C9H4ClFO2S/c10-5-2-1-4(9(12)13)8-7(5)6(11)3-14-8/h1-3H,(H,12,13). The van der Waals surface area contributed by atoms with Gasteiger partial charge in [0.25, 0.3) is 0 Å². The van der Waals surface area contributed by atoms with E-state index in [-0.39, 0.29) is 16.0 Å². The summed E-state index contributed by atoms with van der Waals surface area (Å²) in [5.41, 5.74) is 0.0818. The lowest BCUT2D eigenvalue weighted by atomic mass is 10.1. The van der Waals surface area contributed by atoms with Gasteiger partial charge < -0.3 is 5.11 Å². The average Bonchev–Trinajstić information content (AvgIpc) is 2.49. The first-order valence-corrected chi connectivity index (χ1v) is 4.95. The topological polar surface area (TPSA) is 37.3 Å². The van der Waals surface area contributed by atoms with Gasteiger partial charge in [-0.15, -0.1) is 11.3 Å². The maximum Gasteiger partial charge on any atom is 0.337 e. The van der Waals surface area contributed by atoms with Gasteiger partial charge in [-0.3, -0.25) is 0 Å². The minimum atomic E-state index is -1.08. The molecule has 5 heteroatoms. The number of hydrogen-bond donors (Lipinski definition) is 1. The fraction of sp³-hybridized carbons (Fsp3) is 0. The maximum absolute atomic E-state index is 13.2. The van der Waals surface area contributed by atoms with Crippen LogP contribution in [-0.2, 0) is 0 Å². The van der Waals surface area contributed by atoms with Crippen molar-refractivity contribution in [3.63, 3.8) is 0 Å². The second kappa shape index (κ2) is 3.22. The van der Waals surface area contributed by atoms with Crippen LogP contribution in [0.25, 0.3) is 10.1 Å². The number of rotatable bonds is 1. The Balaban J connectivity index is 2.90. The molecule has 0 amide bonds. The Kier molecular flexibility index (Phi) is 2.17. The first-order chi connectivity index (χ1) is 6.61. The zero-order valence-corrected chi connectivity index (χ0v) is 8.32. The van der Waals surface area contributed by atoms with Gasteiger partial charge in [-0.25, -0.2) is 9.18 Å². The number of aromatic carboxylic acids is 1. The molecule has 0 fully saturated rings. The van der Waals surface area contributed by atoms with Crippen molar-refractivity contribution in [3.8, 4) is 0 Å². The van der Waals surface area contributed by atoms with Crippen LogP contribution in [0.1, 0.15) is 10.4 Å². The van der Waals surface area contributed by atoms with E-state index in [1.54, 1.807) is 0 Å². The quantitative estimate of drug-likeness (QED) is 0.815. The highest BCUT2D eigenvalue weighted by molar-refractivity contribution is 7.17. The predicted octanol–water partition coefficient (Wildman–Crippen LogP) is 3.39. The zero-order valence-electron chi connectivity index (χ0n) is 6.75. The molecule has 14 heavy (non-hydrogen) atoms. The van der Waals surface area contributed by atoms with Crippen molar-refractivity contribution in [1.82, 2.24) is 0 Å². The Morgan fingerprint density at radius 2 is 2.21 bits per heavy atom. The van der Waals surface area contributed by atoms with Crippen LogP contribution in [0.5, 0.6) is 0 Å². The molecule has 0 bridgehead atoms. The van der Waals surface area contributed by atoms with Crippen LogP contribution in [0.15, 0.2) is 17.5 Å². The summed E-state index contributed by atoms with van der Waals surface area (Å²) in [6, 6.07) is 2.77. The SMILES string of the molecule is O=C(O)c1ccc(Cl)c2c(F)csc12. The summed E-state index contributed by atoms with van der Waals surface area (Å²) in [6.45, 7) is 0. The van der Waals surface area contributed by atoms with Gasteiger partial charge in [0, 0.05) is 10.8 Å². The molecule has 2 aromatic rings. The third kappa shape index (κ3) is 1.27. The van der Waals surface area contributed by atoms with Gasteiger partial charge in [-0.1, -0.05) is 11.6 Å². The first kappa shape index (κ1) is 9.43. The summed E-state index contributed by atoms with van der Waals surface area (Å²) < 4.78 is 13.6. The molecular formula is C9H4ClFO2S. The van der Waals surface area contributed by atoms with Crippen molar-refractivity contribution < 1.29 is 14.3 Å². The molecule has 2 rings (SSSR count). The number of hydrogen-bond acceptors (Lipinski definition) is 2. The molecule has 1 heterocycles. The molecule has 72 valence electrons. The van der Waals surface area contributed by atoms with E-state index in [1.165, 1.54) is 17.5 Å². The van der Waals surface area contributed by atoms with Crippen molar-refractivity contribution in [2.45, 2.75) is 0 Å². The summed E-state index contributed by atoms with van der Waals surface area (Å²) in [4.78, 5) is 10.8. The molecule has 0 aliphatic rings. The number of halogens is 2. The first-order valence-electron chi connectivity index (χ1n) is 3.69. The Hall–Kier alpha value is -1.13. The van der Waals surface area contributed by atoms with E-state index in [2.05, 4.69) is 0 Å². The lowest BCUT2D eigenvalue weighted by Crippen LogP contribution is -1.95. The Morgan fingerprint density at radius 1 is 1.50 bits per heavy atom. The van der Waals surface area contributed by atoms with Crippen LogP contribution < -0.4 is 0 Å². The Morgan fingerprint density at radius 3 is 2.86 bits per heavy atom. The number of benzene rings is 1. The lowest BCUT2D eigenvalue weighted by molar-refractivity contribution is 0.0699. The predicted molar refractivity (Wildman–Crippen MR) is 53.8 cm³/mol.